The zero-order valence-electron chi connectivity index (χ0n) is 15.6. The summed E-state index contributed by atoms with van der Waals surface area (Å²) in [7, 11) is -2.56. The normalized spacial score (nSPS) is 15.0. The number of amides is 1. The molecular formula is C19H19ClN2O6S. The van der Waals surface area contributed by atoms with Gasteiger partial charge in [-0.3, -0.25) is 4.79 Å². The molecule has 1 fully saturated rings. The van der Waals surface area contributed by atoms with E-state index in [9.17, 15) is 18.0 Å². The van der Waals surface area contributed by atoms with Crippen LogP contribution in [0.25, 0.3) is 0 Å². The van der Waals surface area contributed by atoms with Crippen LogP contribution in [-0.4, -0.2) is 58.0 Å². The number of nitrogens with one attached hydrogen (secondary N) is 1. The smallest absolute Gasteiger partial charge is 0.339 e. The molecule has 0 atom stereocenters. The minimum Gasteiger partial charge on any atom is -0.465 e. The Kier molecular flexibility index (Phi) is 6.53. The molecule has 3 rings (SSSR count). The summed E-state index contributed by atoms with van der Waals surface area (Å²) in [5.74, 6) is -1.26. The molecule has 0 bridgehead atoms. The second-order valence-electron chi connectivity index (χ2n) is 6.15. The lowest BCUT2D eigenvalue weighted by Crippen LogP contribution is -2.40. The van der Waals surface area contributed by atoms with Gasteiger partial charge in [0.1, 0.15) is 0 Å². The summed E-state index contributed by atoms with van der Waals surface area (Å²) in [6.45, 7) is 1.09. The van der Waals surface area contributed by atoms with Gasteiger partial charge >= 0.3 is 5.97 Å². The Labute approximate surface area is 173 Å². The number of ether oxygens (including phenoxy) is 2. The van der Waals surface area contributed by atoms with E-state index in [1.165, 1.54) is 41.7 Å². The summed E-state index contributed by atoms with van der Waals surface area (Å²) in [4.78, 5) is 24.6. The summed E-state index contributed by atoms with van der Waals surface area (Å²) in [6.07, 6.45) is 0. The first-order valence-electron chi connectivity index (χ1n) is 8.70. The molecule has 8 nitrogen and oxygen atoms in total. The van der Waals surface area contributed by atoms with E-state index in [4.69, 9.17) is 21.1 Å². The highest BCUT2D eigenvalue weighted by Gasteiger charge is 2.28. The number of nitrogens with zero attached hydrogens (tertiary/aromatic N) is 1. The summed E-state index contributed by atoms with van der Waals surface area (Å²) < 4.78 is 36.9. The van der Waals surface area contributed by atoms with E-state index in [1.54, 1.807) is 12.1 Å². The van der Waals surface area contributed by atoms with Gasteiger partial charge in [0.05, 0.1) is 47.1 Å². The average molecular weight is 439 g/mol. The Hall–Kier alpha value is -2.46. The third kappa shape index (κ3) is 4.59. The highest BCUT2D eigenvalue weighted by molar-refractivity contribution is 7.89. The molecule has 1 aliphatic rings. The van der Waals surface area contributed by atoms with Crippen molar-refractivity contribution in [3.63, 3.8) is 0 Å². The number of benzene rings is 2. The first kappa shape index (κ1) is 21.3. The van der Waals surface area contributed by atoms with Gasteiger partial charge in [-0.05, 0) is 30.3 Å². The van der Waals surface area contributed by atoms with Crippen LogP contribution in [0.5, 0.6) is 0 Å². The molecule has 0 unspecified atom stereocenters. The van der Waals surface area contributed by atoms with Gasteiger partial charge in [-0.1, -0.05) is 23.7 Å². The van der Waals surface area contributed by atoms with Gasteiger partial charge in [0.25, 0.3) is 5.91 Å². The predicted molar refractivity (Wildman–Crippen MR) is 107 cm³/mol. The van der Waals surface area contributed by atoms with Crippen molar-refractivity contribution < 1.29 is 27.5 Å². The molecule has 0 radical (unpaired) electrons. The lowest BCUT2D eigenvalue weighted by atomic mass is 10.1. The summed E-state index contributed by atoms with van der Waals surface area (Å²) in [5.41, 5.74) is 0.360. The van der Waals surface area contributed by atoms with Gasteiger partial charge in [0, 0.05) is 13.1 Å². The Morgan fingerprint density at radius 1 is 1.10 bits per heavy atom. The molecule has 1 saturated heterocycles. The number of esters is 1. The first-order chi connectivity index (χ1) is 13.8. The Morgan fingerprint density at radius 3 is 2.48 bits per heavy atom. The number of carbonyl (C=O) groups excluding carboxylic acids is 2. The summed E-state index contributed by atoms with van der Waals surface area (Å²) in [5, 5.41) is 2.67. The Morgan fingerprint density at radius 2 is 1.79 bits per heavy atom. The van der Waals surface area contributed by atoms with E-state index in [2.05, 4.69) is 5.32 Å². The molecule has 0 saturated carbocycles. The maximum Gasteiger partial charge on any atom is 0.339 e. The number of hydrogen-bond donors (Lipinski definition) is 1. The molecule has 1 N–H and O–H groups in total. The van der Waals surface area contributed by atoms with Crippen molar-refractivity contribution in [2.45, 2.75) is 4.90 Å². The molecule has 1 amide bonds. The third-order valence-corrected chi connectivity index (χ3v) is 6.60. The fraction of sp³-hybridized carbons (Fsp3) is 0.263. The maximum absolute atomic E-state index is 12.8. The van der Waals surface area contributed by atoms with Gasteiger partial charge in [0.15, 0.2) is 0 Å². The van der Waals surface area contributed by atoms with Crippen LogP contribution in [0.1, 0.15) is 20.7 Å². The fourth-order valence-corrected chi connectivity index (χ4v) is 4.48. The van der Waals surface area contributed by atoms with Crippen LogP contribution in [0.2, 0.25) is 5.02 Å². The van der Waals surface area contributed by atoms with Crippen molar-refractivity contribution in [2.75, 3.05) is 38.7 Å². The topological polar surface area (TPSA) is 102 Å². The predicted octanol–water partition coefficient (Wildman–Crippen LogP) is 2.40. The second-order valence-corrected chi connectivity index (χ2v) is 8.49. The van der Waals surface area contributed by atoms with Crippen molar-refractivity contribution in [3.05, 3.63) is 58.6 Å². The largest absolute Gasteiger partial charge is 0.465 e. The van der Waals surface area contributed by atoms with Crippen molar-refractivity contribution in [2.24, 2.45) is 0 Å². The molecule has 0 aromatic heterocycles. The van der Waals surface area contributed by atoms with Crippen LogP contribution in [0.4, 0.5) is 5.69 Å². The quantitative estimate of drug-likeness (QED) is 0.719. The van der Waals surface area contributed by atoms with Crippen LogP contribution in [0, 0.1) is 0 Å². The highest BCUT2D eigenvalue weighted by Crippen LogP contribution is 2.25. The first-order valence-corrected chi connectivity index (χ1v) is 10.5. The van der Waals surface area contributed by atoms with E-state index in [0.717, 1.165) is 0 Å². The van der Waals surface area contributed by atoms with Crippen molar-refractivity contribution in [1.82, 2.24) is 4.31 Å². The number of carbonyl (C=O) groups is 2. The van der Waals surface area contributed by atoms with Gasteiger partial charge in [-0.15, -0.1) is 0 Å². The highest BCUT2D eigenvalue weighted by atomic mass is 35.5. The number of anilines is 1. The fourth-order valence-electron chi connectivity index (χ4n) is 2.84. The molecule has 2 aromatic carbocycles. The Balaban J connectivity index is 1.91. The second kappa shape index (κ2) is 8.91. The van der Waals surface area contributed by atoms with Crippen molar-refractivity contribution in [3.8, 4) is 0 Å². The number of sulfonamides is 1. The lowest BCUT2D eigenvalue weighted by Gasteiger charge is -2.26. The zero-order valence-corrected chi connectivity index (χ0v) is 17.1. The molecule has 0 spiro atoms. The van der Waals surface area contributed by atoms with Gasteiger partial charge in [-0.2, -0.15) is 4.31 Å². The van der Waals surface area contributed by atoms with Gasteiger partial charge < -0.3 is 14.8 Å². The minimum absolute atomic E-state index is 0.0272. The Bertz CT molecular complexity index is 1030. The van der Waals surface area contributed by atoms with Crippen LogP contribution < -0.4 is 5.32 Å². The number of para-hydroxylation sites is 1. The van der Waals surface area contributed by atoms with Crippen LogP contribution in [0.15, 0.2) is 47.4 Å². The zero-order chi connectivity index (χ0) is 21.0. The van der Waals surface area contributed by atoms with Crippen LogP contribution in [0.3, 0.4) is 0 Å². The molecular weight excluding hydrogens is 420 g/mol. The number of hydrogen-bond acceptors (Lipinski definition) is 6. The third-order valence-electron chi connectivity index (χ3n) is 4.37. The molecule has 154 valence electrons. The summed E-state index contributed by atoms with van der Waals surface area (Å²) >= 11 is 6.14. The SMILES string of the molecule is COC(=O)c1ccccc1NC(=O)c1cc(S(=O)(=O)N2CCOCC2)ccc1Cl. The van der Waals surface area contributed by atoms with Gasteiger partial charge in [0.2, 0.25) is 10.0 Å². The molecule has 1 aliphatic heterocycles. The van der Waals surface area contributed by atoms with Crippen molar-refractivity contribution in [1.29, 1.82) is 0 Å². The van der Waals surface area contributed by atoms with E-state index in [0.29, 0.717) is 13.2 Å². The summed E-state index contributed by atoms with van der Waals surface area (Å²) in [6, 6.07) is 10.2. The van der Waals surface area contributed by atoms with E-state index in [-0.39, 0.29) is 39.8 Å². The molecule has 29 heavy (non-hydrogen) atoms. The van der Waals surface area contributed by atoms with E-state index >= 15 is 0 Å². The monoisotopic (exact) mass is 438 g/mol. The minimum atomic E-state index is -3.79. The molecule has 10 heteroatoms. The van der Waals surface area contributed by atoms with Crippen molar-refractivity contribution >= 4 is 39.2 Å². The van der Waals surface area contributed by atoms with Crippen LogP contribution >= 0.6 is 11.6 Å². The number of halogens is 1. The van der Waals surface area contributed by atoms with Crippen LogP contribution in [-0.2, 0) is 19.5 Å². The van der Waals surface area contributed by atoms with Gasteiger partial charge in [-0.25, -0.2) is 13.2 Å². The number of methoxy groups -OCH3 is 1. The van der Waals surface area contributed by atoms with E-state index in [1.807, 2.05) is 0 Å². The average Bonchev–Trinajstić information content (AvgIpc) is 2.74. The molecule has 2 aromatic rings. The number of rotatable bonds is 5. The molecule has 1 heterocycles. The lowest BCUT2D eigenvalue weighted by molar-refractivity contribution is 0.0602. The van der Waals surface area contributed by atoms with E-state index < -0.39 is 21.9 Å². The standard InChI is InChI=1S/C19H19ClN2O6S/c1-27-19(24)14-4-2-3-5-17(14)21-18(23)15-12-13(6-7-16(15)20)29(25,26)22-8-10-28-11-9-22/h2-7,12H,8-11H2,1H3,(H,21,23). The number of morpholine rings is 1. The maximum atomic E-state index is 12.8. The molecule has 0 aliphatic carbocycles.